The molecule has 0 aromatic carbocycles. The van der Waals surface area contributed by atoms with Crippen molar-refractivity contribution in [3.05, 3.63) is 5.34 Å². The summed E-state index contributed by atoms with van der Waals surface area (Å²) in [6.07, 6.45) is 0. The summed E-state index contributed by atoms with van der Waals surface area (Å²) in [6, 6.07) is 0. The Balaban J connectivity index is 0. The quantitative estimate of drug-likeness (QED) is 0.353. The summed E-state index contributed by atoms with van der Waals surface area (Å²) < 4.78 is 0. The third-order valence-corrected chi connectivity index (χ3v) is 0. The molecule has 0 aliphatic rings. The summed E-state index contributed by atoms with van der Waals surface area (Å²) in [6.45, 7) is 0. The molecule has 0 amide bonds. The minimum absolute atomic E-state index is 0. The summed E-state index contributed by atoms with van der Waals surface area (Å²) >= 11 is 9.28. The molecule has 0 heterocycles. The average Bonchev–Trinajstić information content (AvgIpc) is 0.918. The number of hydrogen-bond donors (Lipinski definition) is 0. The van der Waals surface area contributed by atoms with Crippen molar-refractivity contribution in [2.24, 2.45) is 0 Å². The maximum atomic E-state index is 4.64. The van der Waals surface area contributed by atoms with Crippen LogP contribution in [0.2, 0.25) is 0 Å². The van der Waals surface area contributed by atoms with Crippen LogP contribution in [-0.4, -0.2) is 0 Å². The molecule has 28 valence electrons. The van der Waals surface area contributed by atoms with E-state index in [0.29, 0.717) is 0 Å². The Morgan fingerprint density at radius 3 is 1.25 bits per heavy atom. The van der Waals surface area contributed by atoms with Gasteiger partial charge >= 0.3 is 0 Å². The fraction of sp³-hybridized carbons (Fsp3) is 0. The maximum Gasteiger partial charge on any atom is 0 e. The van der Waals surface area contributed by atoms with Crippen LogP contribution in [0.5, 0.6) is 0 Å². The van der Waals surface area contributed by atoms with Crippen molar-refractivity contribution in [1.82, 2.24) is 0 Å². The van der Waals surface area contributed by atoms with Gasteiger partial charge in [-0.15, -0.1) is 0 Å². The molecule has 0 N–H and O–H groups in total. The van der Waals surface area contributed by atoms with Gasteiger partial charge in [0.2, 0.25) is 0 Å². The van der Waals surface area contributed by atoms with E-state index in [9.17, 15) is 0 Å². The van der Waals surface area contributed by atoms with E-state index in [-0.39, 0.29) is 17.1 Å². The molecule has 0 radical (unpaired) electrons. The smallest absolute Gasteiger partial charge is 0 e. The maximum absolute atomic E-state index is 4.64. The van der Waals surface area contributed by atoms with E-state index in [4.69, 9.17) is 0 Å². The Kier molecular flexibility index (Phi) is 19.9. The molecule has 0 fully saturated rings. The van der Waals surface area contributed by atoms with Crippen molar-refractivity contribution >= 4 is 23.2 Å². The van der Waals surface area contributed by atoms with E-state index in [1.54, 1.807) is 0 Å². The minimum atomic E-state index is 0. The van der Waals surface area contributed by atoms with Gasteiger partial charge in [0.05, 0.1) is 0 Å². The SMILES string of the molecule is Cl[CH-]Cl.[Fe]. The summed E-state index contributed by atoms with van der Waals surface area (Å²) in [4.78, 5) is 0. The molecule has 0 nitrogen and oxygen atoms in total. The van der Waals surface area contributed by atoms with Gasteiger partial charge in [-0.05, 0) is 0 Å². The van der Waals surface area contributed by atoms with E-state index >= 15 is 0 Å². The van der Waals surface area contributed by atoms with E-state index in [1.807, 2.05) is 0 Å². The third-order valence-electron chi connectivity index (χ3n) is 0. The first kappa shape index (κ1) is 8.92. The van der Waals surface area contributed by atoms with Gasteiger partial charge in [-0.25, -0.2) is 0 Å². The van der Waals surface area contributed by atoms with Crippen LogP contribution in [0, 0.1) is 5.34 Å². The van der Waals surface area contributed by atoms with Gasteiger partial charge in [0, 0.05) is 17.1 Å². The first-order valence-corrected chi connectivity index (χ1v) is 1.31. The van der Waals surface area contributed by atoms with E-state index in [2.05, 4.69) is 23.2 Å². The molecule has 0 aliphatic heterocycles. The molecule has 0 saturated carbocycles. The Morgan fingerprint density at radius 2 is 1.25 bits per heavy atom. The largest absolute Gasteiger partial charge is 0.333 e. The van der Waals surface area contributed by atoms with Gasteiger partial charge in [-0.1, -0.05) is 0 Å². The molecular weight excluding hydrogens is 139 g/mol. The van der Waals surface area contributed by atoms with Crippen LogP contribution in [0.4, 0.5) is 0 Å². The van der Waals surface area contributed by atoms with Crippen molar-refractivity contribution in [1.29, 1.82) is 0 Å². The molecule has 4 heavy (non-hydrogen) atoms. The number of rotatable bonds is 0. The average molecular weight is 140 g/mol. The standard InChI is InChI=1S/CHCl2.Fe/c2-1-3;/h1H;/q-1;. The molecule has 0 atom stereocenters. The van der Waals surface area contributed by atoms with Crippen LogP contribution in [0.25, 0.3) is 0 Å². The van der Waals surface area contributed by atoms with Crippen molar-refractivity contribution < 1.29 is 17.1 Å². The Labute approximate surface area is 45.9 Å². The molecule has 0 aliphatic carbocycles. The Bertz CT molecular complexity index is 6.00. The zero-order valence-electron chi connectivity index (χ0n) is 1.69. The number of hydrogen-bond acceptors (Lipinski definition) is 0. The second kappa shape index (κ2) is 8.93. The Morgan fingerprint density at radius 1 is 1.25 bits per heavy atom. The fourth-order valence-corrected chi connectivity index (χ4v) is 0. The van der Waals surface area contributed by atoms with Crippen molar-refractivity contribution in [3.63, 3.8) is 0 Å². The van der Waals surface area contributed by atoms with Crippen molar-refractivity contribution in [3.8, 4) is 0 Å². The van der Waals surface area contributed by atoms with Gasteiger partial charge < -0.3 is 23.2 Å². The van der Waals surface area contributed by atoms with E-state index < -0.39 is 0 Å². The van der Waals surface area contributed by atoms with Crippen LogP contribution in [-0.2, 0) is 17.1 Å². The zero-order chi connectivity index (χ0) is 2.71. The van der Waals surface area contributed by atoms with Gasteiger partial charge in [-0.3, -0.25) is 0 Å². The van der Waals surface area contributed by atoms with Gasteiger partial charge in [0.15, 0.2) is 0 Å². The molecule has 0 spiro atoms. The van der Waals surface area contributed by atoms with Crippen LogP contribution in [0.1, 0.15) is 0 Å². The van der Waals surface area contributed by atoms with Crippen LogP contribution in [0.3, 0.4) is 0 Å². The normalized spacial score (nSPS) is 4.50. The monoisotopic (exact) mass is 139 g/mol. The Hall–Kier alpha value is 1.10. The van der Waals surface area contributed by atoms with Crippen molar-refractivity contribution in [2.45, 2.75) is 0 Å². The summed E-state index contributed by atoms with van der Waals surface area (Å²) in [5.41, 5.74) is 0. The first-order valence-electron chi connectivity index (χ1n) is 0.436. The first-order chi connectivity index (χ1) is 1.41. The third kappa shape index (κ3) is 11.3. The summed E-state index contributed by atoms with van der Waals surface area (Å²) in [5, 5.41) is 0.944. The molecule has 0 aromatic heterocycles. The van der Waals surface area contributed by atoms with Gasteiger partial charge in [-0.2, -0.15) is 5.34 Å². The molecule has 0 bridgehead atoms. The second-order valence-corrected chi connectivity index (χ2v) is 0.742. The molecule has 3 heteroatoms. The number of halogens is 2. The fourth-order valence-electron chi connectivity index (χ4n) is 0. The van der Waals surface area contributed by atoms with Gasteiger partial charge in [0.1, 0.15) is 0 Å². The van der Waals surface area contributed by atoms with E-state index in [0.717, 1.165) is 5.34 Å². The molecule has 0 unspecified atom stereocenters. The van der Waals surface area contributed by atoms with Crippen LogP contribution in [0.15, 0.2) is 0 Å². The predicted molar refractivity (Wildman–Crippen MR) is 16.0 cm³/mol. The van der Waals surface area contributed by atoms with Crippen LogP contribution < -0.4 is 0 Å². The predicted octanol–water partition coefficient (Wildman–Crippen LogP) is 1.58. The minimum Gasteiger partial charge on any atom is -0.333 e. The van der Waals surface area contributed by atoms with E-state index in [1.165, 1.54) is 0 Å². The molecule has 0 aromatic rings. The van der Waals surface area contributed by atoms with Gasteiger partial charge in [0.25, 0.3) is 0 Å². The molecule has 0 rings (SSSR count). The second-order valence-electron chi connectivity index (χ2n) is 0.0825. The summed E-state index contributed by atoms with van der Waals surface area (Å²) in [5.74, 6) is 0. The van der Waals surface area contributed by atoms with Crippen LogP contribution >= 0.6 is 23.2 Å². The zero-order valence-corrected chi connectivity index (χ0v) is 4.30. The summed E-state index contributed by atoms with van der Waals surface area (Å²) in [7, 11) is 0. The topological polar surface area (TPSA) is 0 Å². The molecular formula is CHCl2Fe-. The van der Waals surface area contributed by atoms with Crippen molar-refractivity contribution in [2.75, 3.05) is 0 Å². The molecule has 0 saturated heterocycles.